The third-order valence-electron chi connectivity index (χ3n) is 2.80. The van der Waals surface area contributed by atoms with Gasteiger partial charge in [0.15, 0.2) is 0 Å². The molecule has 0 aromatic heterocycles. The lowest BCUT2D eigenvalue weighted by atomic mass is 10.2. The van der Waals surface area contributed by atoms with E-state index in [1.54, 1.807) is 12.1 Å². The van der Waals surface area contributed by atoms with Crippen molar-refractivity contribution < 1.29 is 13.2 Å². The van der Waals surface area contributed by atoms with Gasteiger partial charge in [0.25, 0.3) is 0 Å². The molecule has 4 nitrogen and oxygen atoms in total. The minimum Gasteiger partial charge on any atom is -0.492 e. The molecule has 0 saturated carbocycles. The summed E-state index contributed by atoms with van der Waals surface area (Å²) < 4.78 is 31.9. The highest BCUT2D eigenvalue weighted by Crippen LogP contribution is 2.22. The number of para-hydroxylation sites is 1. The van der Waals surface area contributed by atoms with Gasteiger partial charge in [-0.05, 0) is 29.8 Å². The molecule has 1 N–H and O–H groups in total. The Morgan fingerprint density at radius 1 is 1.05 bits per heavy atom. The molecule has 0 fully saturated rings. The lowest BCUT2D eigenvalue weighted by Crippen LogP contribution is -2.29. The molecule has 22 heavy (non-hydrogen) atoms. The molecule has 2 aromatic carbocycles. The van der Waals surface area contributed by atoms with E-state index in [-0.39, 0.29) is 18.9 Å². The normalized spacial score (nSPS) is 11.4. The number of nitrogens with one attached hydrogen (secondary N) is 1. The van der Waals surface area contributed by atoms with Crippen LogP contribution >= 0.6 is 23.2 Å². The fourth-order valence-corrected chi connectivity index (χ4v) is 3.49. The van der Waals surface area contributed by atoms with Crippen molar-refractivity contribution in [2.45, 2.75) is 5.75 Å². The summed E-state index contributed by atoms with van der Waals surface area (Å²) in [4.78, 5) is 0. The first-order valence-electron chi connectivity index (χ1n) is 6.55. The third kappa shape index (κ3) is 5.50. The Balaban J connectivity index is 1.83. The Hall–Kier alpha value is -1.27. The fraction of sp³-hybridized carbons (Fsp3) is 0.200. The van der Waals surface area contributed by atoms with Crippen molar-refractivity contribution >= 4 is 33.2 Å². The Morgan fingerprint density at radius 2 is 1.77 bits per heavy atom. The van der Waals surface area contributed by atoms with Gasteiger partial charge in [0, 0.05) is 16.6 Å². The molecule has 0 radical (unpaired) electrons. The lowest BCUT2D eigenvalue weighted by Gasteiger charge is -2.09. The SMILES string of the molecule is O=S(=O)(Cc1ccc(Cl)cc1Cl)NCCOc1ccccc1. The summed E-state index contributed by atoms with van der Waals surface area (Å²) in [6, 6.07) is 13.9. The van der Waals surface area contributed by atoms with Crippen LogP contribution < -0.4 is 9.46 Å². The standard InChI is InChI=1S/C15H15Cl2NO3S/c16-13-7-6-12(15(17)10-13)11-22(19,20)18-8-9-21-14-4-2-1-3-5-14/h1-7,10,18H,8-9,11H2. The van der Waals surface area contributed by atoms with E-state index >= 15 is 0 Å². The van der Waals surface area contributed by atoms with Gasteiger partial charge in [-0.15, -0.1) is 0 Å². The molecule has 2 rings (SSSR count). The number of sulfonamides is 1. The molecule has 0 spiro atoms. The maximum atomic E-state index is 12.0. The predicted molar refractivity (Wildman–Crippen MR) is 89.0 cm³/mol. The van der Waals surface area contributed by atoms with Gasteiger partial charge < -0.3 is 4.74 Å². The van der Waals surface area contributed by atoms with Gasteiger partial charge in [0.2, 0.25) is 10.0 Å². The van der Waals surface area contributed by atoms with Crippen molar-refractivity contribution in [1.29, 1.82) is 0 Å². The smallest absolute Gasteiger partial charge is 0.215 e. The van der Waals surface area contributed by atoms with Crippen molar-refractivity contribution in [2.24, 2.45) is 0 Å². The summed E-state index contributed by atoms with van der Waals surface area (Å²) in [5.41, 5.74) is 0.502. The number of ether oxygens (including phenoxy) is 1. The van der Waals surface area contributed by atoms with Crippen LogP contribution in [0.4, 0.5) is 0 Å². The lowest BCUT2D eigenvalue weighted by molar-refractivity contribution is 0.323. The van der Waals surface area contributed by atoms with Crippen LogP contribution in [0.5, 0.6) is 5.75 Å². The molecule has 0 atom stereocenters. The van der Waals surface area contributed by atoms with E-state index in [2.05, 4.69) is 4.72 Å². The number of benzene rings is 2. The Kier molecular flexibility index (Phi) is 6.08. The van der Waals surface area contributed by atoms with Crippen molar-refractivity contribution in [2.75, 3.05) is 13.2 Å². The first kappa shape index (κ1) is 17.1. The highest BCUT2D eigenvalue weighted by molar-refractivity contribution is 7.88. The van der Waals surface area contributed by atoms with E-state index in [1.807, 2.05) is 30.3 Å². The quantitative estimate of drug-likeness (QED) is 0.769. The number of hydrogen-bond donors (Lipinski definition) is 1. The molecule has 0 unspecified atom stereocenters. The van der Waals surface area contributed by atoms with E-state index in [9.17, 15) is 8.42 Å². The Bertz CT molecular complexity index is 721. The van der Waals surface area contributed by atoms with Gasteiger partial charge in [-0.3, -0.25) is 0 Å². The van der Waals surface area contributed by atoms with E-state index < -0.39 is 10.0 Å². The summed E-state index contributed by atoms with van der Waals surface area (Å²) in [7, 11) is -3.48. The molecule has 0 bridgehead atoms. The van der Waals surface area contributed by atoms with Gasteiger partial charge in [-0.1, -0.05) is 47.5 Å². The molecule has 7 heteroatoms. The van der Waals surface area contributed by atoms with Gasteiger partial charge >= 0.3 is 0 Å². The van der Waals surface area contributed by atoms with Crippen LogP contribution in [0, 0.1) is 0 Å². The number of hydrogen-bond acceptors (Lipinski definition) is 3. The first-order chi connectivity index (χ1) is 10.5. The van der Waals surface area contributed by atoms with Gasteiger partial charge in [0.1, 0.15) is 12.4 Å². The molecule has 0 aliphatic rings. The summed E-state index contributed by atoms with van der Waals surface area (Å²) in [5.74, 6) is 0.497. The zero-order valence-electron chi connectivity index (χ0n) is 11.6. The minimum absolute atomic E-state index is 0.183. The van der Waals surface area contributed by atoms with E-state index in [0.29, 0.717) is 21.4 Å². The molecular weight excluding hydrogens is 345 g/mol. The third-order valence-corrected chi connectivity index (χ3v) is 4.72. The first-order valence-corrected chi connectivity index (χ1v) is 8.96. The largest absolute Gasteiger partial charge is 0.492 e. The maximum absolute atomic E-state index is 12.0. The monoisotopic (exact) mass is 359 g/mol. The molecule has 118 valence electrons. The zero-order chi connectivity index (χ0) is 16.0. The molecule has 0 amide bonds. The van der Waals surface area contributed by atoms with Crippen molar-refractivity contribution in [3.8, 4) is 5.75 Å². The van der Waals surface area contributed by atoms with E-state index in [1.165, 1.54) is 6.07 Å². The topological polar surface area (TPSA) is 55.4 Å². The van der Waals surface area contributed by atoms with E-state index in [0.717, 1.165) is 0 Å². The zero-order valence-corrected chi connectivity index (χ0v) is 14.0. The molecule has 0 saturated heterocycles. The van der Waals surface area contributed by atoms with Crippen LogP contribution in [-0.4, -0.2) is 21.6 Å². The average Bonchev–Trinajstić information content (AvgIpc) is 2.48. The summed E-state index contributed by atoms with van der Waals surface area (Å²) in [6.07, 6.45) is 0. The molecular formula is C15H15Cl2NO3S. The maximum Gasteiger partial charge on any atom is 0.215 e. The number of halogens is 2. The van der Waals surface area contributed by atoms with Crippen molar-refractivity contribution in [3.63, 3.8) is 0 Å². The predicted octanol–water partition coefficient (Wildman–Crippen LogP) is 3.49. The van der Waals surface area contributed by atoms with Crippen LogP contribution in [0.1, 0.15) is 5.56 Å². The number of rotatable bonds is 7. The molecule has 2 aromatic rings. The van der Waals surface area contributed by atoms with Gasteiger partial charge in [-0.2, -0.15) is 0 Å². The van der Waals surface area contributed by atoms with Gasteiger partial charge in [0.05, 0.1) is 5.75 Å². The molecule has 0 heterocycles. The second-order valence-electron chi connectivity index (χ2n) is 4.55. The van der Waals surface area contributed by atoms with Crippen LogP contribution in [0.25, 0.3) is 0 Å². The van der Waals surface area contributed by atoms with Crippen LogP contribution in [0.2, 0.25) is 10.0 Å². The molecule has 0 aliphatic carbocycles. The second kappa shape index (κ2) is 7.83. The van der Waals surface area contributed by atoms with Crippen molar-refractivity contribution in [3.05, 3.63) is 64.1 Å². The van der Waals surface area contributed by atoms with Crippen LogP contribution in [-0.2, 0) is 15.8 Å². The second-order valence-corrected chi connectivity index (χ2v) is 7.20. The Labute approximate surface area is 140 Å². The highest BCUT2D eigenvalue weighted by atomic mass is 35.5. The van der Waals surface area contributed by atoms with Crippen LogP contribution in [0.15, 0.2) is 48.5 Å². The summed E-state index contributed by atoms with van der Waals surface area (Å²) in [6.45, 7) is 0.431. The summed E-state index contributed by atoms with van der Waals surface area (Å²) in [5, 5.41) is 0.800. The fourth-order valence-electron chi connectivity index (χ4n) is 1.78. The van der Waals surface area contributed by atoms with Crippen molar-refractivity contribution in [1.82, 2.24) is 4.72 Å². The highest BCUT2D eigenvalue weighted by Gasteiger charge is 2.13. The molecule has 0 aliphatic heterocycles. The van der Waals surface area contributed by atoms with Gasteiger partial charge in [-0.25, -0.2) is 13.1 Å². The summed E-state index contributed by atoms with van der Waals surface area (Å²) >= 11 is 11.8. The minimum atomic E-state index is -3.48. The average molecular weight is 360 g/mol. The Morgan fingerprint density at radius 3 is 2.45 bits per heavy atom. The van der Waals surface area contributed by atoms with Crippen LogP contribution in [0.3, 0.4) is 0 Å². The van der Waals surface area contributed by atoms with E-state index in [4.69, 9.17) is 27.9 Å².